The monoisotopic (exact) mass is 197 g/mol. The molecule has 0 aromatic heterocycles. The average Bonchev–Trinajstić information content (AvgIpc) is 2.15. The lowest BCUT2D eigenvalue weighted by atomic mass is 10.2. The van der Waals surface area contributed by atoms with Crippen LogP contribution >= 0.6 is 11.6 Å². The quantitative estimate of drug-likeness (QED) is 0.713. The highest BCUT2D eigenvalue weighted by molar-refractivity contribution is 6.30. The normalized spacial score (nSPS) is 9.77. The first-order chi connectivity index (χ1) is 6.15. The van der Waals surface area contributed by atoms with Gasteiger partial charge in [-0.15, -0.1) is 0 Å². The standard InChI is InChI=1S/C10H12ClNO/c1-3-12(2)10(13)8-5-4-6-9(11)7-8/h4-7H,3H2,1-2H3. The Kier molecular flexibility index (Phi) is 3.32. The summed E-state index contributed by atoms with van der Waals surface area (Å²) in [6.45, 7) is 2.63. The summed E-state index contributed by atoms with van der Waals surface area (Å²) in [5.74, 6) is 0.00463. The number of benzene rings is 1. The van der Waals surface area contributed by atoms with Crippen molar-refractivity contribution >= 4 is 17.5 Å². The highest BCUT2D eigenvalue weighted by atomic mass is 35.5. The van der Waals surface area contributed by atoms with E-state index in [1.165, 1.54) is 0 Å². The van der Waals surface area contributed by atoms with Crippen molar-refractivity contribution in [3.63, 3.8) is 0 Å². The molecule has 0 bridgehead atoms. The third-order valence-corrected chi connectivity index (χ3v) is 2.13. The van der Waals surface area contributed by atoms with Gasteiger partial charge in [-0.25, -0.2) is 0 Å². The van der Waals surface area contributed by atoms with E-state index in [1.54, 1.807) is 36.2 Å². The van der Waals surface area contributed by atoms with Crippen LogP contribution in [0.2, 0.25) is 5.02 Å². The topological polar surface area (TPSA) is 20.3 Å². The van der Waals surface area contributed by atoms with E-state index in [4.69, 9.17) is 11.6 Å². The number of hydrogen-bond acceptors (Lipinski definition) is 1. The maximum Gasteiger partial charge on any atom is 0.253 e. The highest BCUT2D eigenvalue weighted by Gasteiger charge is 2.09. The Balaban J connectivity index is 2.89. The third-order valence-electron chi connectivity index (χ3n) is 1.89. The van der Waals surface area contributed by atoms with Crippen molar-refractivity contribution in [2.75, 3.05) is 13.6 Å². The maximum atomic E-state index is 11.6. The molecule has 0 atom stereocenters. The molecule has 0 saturated heterocycles. The lowest BCUT2D eigenvalue weighted by Gasteiger charge is -2.14. The van der Waals surface area contributed by atoms with Crippen molar-refractivity contribution in [3.05, 3.63) is 34.9 Å². The number of hydrogen-bond donors (Lipinski definition) is 0. The van der Waals surface area contributed by atoms with Crippen molar-refractivity contribution in [1.82, 2.24) is 4.90 Å². The van der Waals surface area contributed by atoms with Crippen LogP contribution in [0.1, 0.15) is 17.3 Å². The zero-order valence-electron chi connectivity index (χ0n) is 7.75. The minimum atomic E-state index is 0.00463. The van der Waals surface area contributed by atoms with Crippen molar-refractivity contribution in [2.24, 2.45) is 0 Å². The van der Waals surface area contributed by atoms with Gasteiger partial charge in [-0.1, -0.05) is 17.7 Å². The molecule has 13 heavy (non-hydrogen) atoms. The Morgan fingerprint density at radius 3 is 2.77 bits per heavy atom. The molecule has 0 N–H and O–H groups in total. The summed E-state index contributed by atoms with van der Waals surface area (Å²) in [6, 6.07) is 6.97. The number of halogens is 1. The fourth-order valence-corrected chi connectivity index (χ4v) is 1.18. The minimum absolute atomic E-state index is 0.00463. The largest absolute Gasteiger partial charge is 0.342 e. The average molecular weight is 198 g/mol. The predicted octanol–water partition coefficient (Wildman–Crippen LogP) is 2.43. The van der Waals surface area contributed by atoms with E-state index in [0.29, 0.717) is 17.1 Å². The fourth-order valence-electron chi connectivity index (χ4n) is 0.986. The van der Waals surface area contributed by atoms with Gasteiger partial charge in [0.15, 0.2) is 0 Å². The number of carbonyl (C=O) groups excluding carboxylic acids is 1. The van der Waals surface area contributed by atoms with Gasteiger partial charge in [0.1, 0.15) is 0 Å². The molecule has 1 aromatic carbocycles. The molecule has 0 aliphatic heterocycles. The fraction of sp³-hybridized carbons (Fsp3) is 0.300. The van der Waals surface area contributed by atoms with Crippen LogP contribution in [0.4, 0.5) is 0 Å². The first-order valence-electron chi connectivity index (χ1n) is 4.16. The molecule has 1 amide bonds. The van der Waals surface area contributed by atoms with Gasteiger partial charge in [-0.05, 0) is 25.1 Å². The van der Waals surface area contributed by atoms with Gasteiger partial charge >= 0.3 is 0 Å². The number of rotatable bonds is 2. The van der Waals surface area contributed by atoms with Crippen LogP contribution in [0.25, 0.3) is 0 Å². The van der Waals surface area contributed by atoms with E-state index in [9.17, 15) is 4.79 Å². The summed E-state index contributed by atoms with van der Waals surface area (Å²) in [5, 5.41) is 0.593. The Morgan fingerprint density at radius 2 is 2.23 bits per heavy atom. The lowest BCUT2D eigenvalue weighted by molar-refractivity contribution is 0.0802. The molecule has 0 fully saturated rings. The second-order valence-electron chi connectivity index (χ2n) is 2.83. The second-order valence-corrected chi connectivity index (χ2v) is 3.27. The molecule has 3 heteroatoms. The van der Waals surface area contributed by atoms with Gasteiger partial charge in [0.2, 0.25) is 0 Å². The van der Waals surface area contributed by atoms with E-state index in [2.05, 4.69) is 0 Å². The molecule has 2 nitrogen and oxygen atoms in total. The van der Waals surface area contributed by atoms with Crippen LogP contribution < -0.4 is 0 Å². The summed E-state index contributed by atoms with van der Waals surface area (Å²) in [6.07, 6.45) is 0. The third kappa shape index (κ3) is 2.46. The van der Waals surface area contributed by atoms with Gasteiger partial charge in [0.05, 0.1) is 0 Å². The minimum Gasteiger partial charge on any atom is -0.342 e. The van der Waals surface area contributed by atoms with Crippen molar-refractivity contribution in [2.45, 2.75) is 6.92 Å². The molecule has 0 aliphatic rings. The summed E-state index contributed by atoms with van der Waals surface area (Å²) in [4.78, 5) is 13.2. The van der Waals surface area contributed by atoms with Crippen LogP contribution in [0, 0.1) is 0 Å². The molecule has 1 rings (SSSR count). The van der Waals surface area contributed by atoms with Gasteiger partial charge in [0.25, 0.3) is 5.91 Å². The lowest BCUT2D eigenvalue weighted by Crippen LogP contribution is -2.26. The molecule has 0 heterocycles. The summed E-state index contributed by atoms with van der Waals surface area (Å²) < 4.78 is 0. The zero-order valence-corrected chi connectivity index (χ0v) is 8.51. The first kappa shape index (κ1) is 10.1. The van der Waals surface area contributed by atoms with Crippen molar-refractivity contribution in [1.29, 1.82) is 0 Å². The summed E-state index contributed by atoms with van der Waals surface area (Å²) >= 11 is 5.77. The van der Waals surface area contributed by atoms with Gasteiger partial charge in [0, 0.05) is 24.2 Å². The Bertz CT molecular complexity index is 312. The second kappa shape index (κ2) is 4.28. The van der Waals surface area contributed by atoms with Crippen LogP contribution in [-0.4, -0.2) is 24.4 Å². The van der Waals surface area contributed by atoms with E-state index < -0.39 is 0 Å². The number of nitrogens with zero attached hydrogens (tertiary/aromatic N) is 1. The zero-order chi connectivity index (χ0) is 9.84. The van der Waals surface area contributed by atoms with Crippen LogP contribution in [0.15, 0.2) is 24.3 Å². The van der Waals surface area contributed by atoms with Crippen molar-refractivity contribution in [3.8, 4) is 0 Å². The van der Waals surface area contributed by atoms with Crippen molar-refractivity contribution < 1.29 is 4.79 Å². The van der Waals surface area contributed by atoms with Gasteiger partial charge in [-0.2, -0.15) is 0 Å². The highest BCUT2D eigenvalue weighted by Crippen LogP contribution is 2.11. The Labute approximate surface area is 83.1 Å². The molecule has 0 saturated carbocycles. The molecular weight excluding hydrogens is 186 g/mol. The van der Waals surface area contributed by atoms with E-state index in [0.717, 1.165) is 0 Å². The maximum absolute atomic E-state index is 11.6. The van der Waals surface area contributed by atoms with E-state index in [1.807, 2.05) is 6.92 Å². The van der Waals surface area contributed by atoms with Gasteiger partial charge < -0.3 is 4.90 Å². The Morgan fingerprint density at radius 1 is 1.54 bits per heavy atom. The predicted molar refractivity (Wildman–Crippen MR) is 54.1 cm³/mol. The number of amides is 1. The smallest absolute Gasteiger partial charge is 0.253 e. The van der Waals surface area contributed by atoms with Crippen LogP contribution in [0.3, 0.4) is 0 Å². The van der Waals surface area contributed by atoms with Crippen LogP contribution in [0.5, 0.6) is 0 Å². The van der Waals surface area contributed by atoms with Crippen LogP contribution in [-0.2, 0) is 0 Å². The summed E-state index contributed by atoms with van der Waals surface area (Å²) in [7, 11) is 1.77. The first-order valence-corrected chi connectivity index (χ1v) is 4.54. The molecule has 1 aromatic rings. The van der Waals surface area contributed by atoms with Gasteiger partial charge in [-0.3, -0.25) is 4.79 Å². The molecule has 0 radical (unpaired) electrons. The molecule has 70 valence electrons. The Hall–Kier alpha value is -1.02. The SMILES string of the molecule is CCN(C)C(=O)c1cccc(Cl)c1. The molecular formula is C10H12ClNO. The summed E-state index contributed by atoms with van der Waals surface area (Å²) in [5.41, 5.74) is 0.636. The van der Waals surface area contributed by atoms with E-state index in [-0.39, 0.29) is 5.91 Å². The molecule has 0 unspecified atom stereocenters. The molecule has 0 spiro atoms. The van der Waals surface area contributed by atoms with E-state index >= 15 is 0 Å². The molecule has 0 aliphatic carbocycles. The number of carbonyl (C=O) groups is 1.